The minimum atomic E-state index is -0.0407. The van der Waals surface area contributed by atoms with Crippen molar-refractivity contribution in [1.29, 1.82) is 0 Å². The molecular formula is C58H45N. The van der Waals surface area contributed by atoms with Crippen LogP contribution in [0, 0.1) is 0 Å². The van der Waals surface area contributed by atoms with Crippen LogP contribution in [0.4, 0.5) is 17.1 Å². The van der Waals surface area contributed by atoms with Gasteiger partial charge in [-0.3, -0.25) is 0 Å². The molecule has 1 nitrogen and oxygen atoms in total. The summed E-state index contributed by atoms with van der Waals surface area (Å²) in [6.45, 7) is 9.41. The Morgan fingerprint density at radius 3 is 1.31 bits per heavy atom. The summed E-state index contributed by atoms with van der Waals surface area (Å²) in [4.78, 5) is 2.40. The SMILES string of the molecule is CC1(C)c2ccccc2-c2ccc(-c3ccc(N(c4ccc(-c5ccc6c(c5)C(C)(C)c5ccccc5-6)cc4)c4cccc(-c5cccc6ccccc56)c4)cc3)cc21. The second-order valence-corrected chi connectivity index (χ2v) is 17.4. The van der Waals surface area contributed by atoms with E-state index in [0.29, 0.717) is 0 Å². The molecule has 0 N–H and O–H groups in total. The molecule has 0 bridgehead atoms. The fraction of sp³-hybridized carbons (Fsp3) is 0.103. The van der Waals surface area contributed by atoms with Crippen molar-refractivity contribution in [2.24, 2.45) is 0 Å². The van der Waals surface area contributed by atoms with Gasteiger partial charge in [-0.05, 0) is 137 Å². The van der Waals surface area contributed by atoms with Crippen molar-refractivity contribution in [2.75, 3.05) is 4.90 Å². The lowest BCUT2D eigenvalue weighted by molar-refractivity contribution is 0.660. The molecule has 0 aromatic heterocycles. The van der Waals surface area contributed by atoms with Crippen LogP contribution in [-0.4, -0.2) is 0 Å². The van der Waals surface area contributed by atoms with E-state index >= 15 is 0 Å². The molecule has 0 radical (unpaired) electrons. The van der Waals surface area contributed by atoms with Crippen molar-refractivity contribution in [3.63, 3.8) is 0 Å². The Kier molecular flexibility index (Phi) is 7.94. The topological polar surface area (TPSA) is 3.24 Å². The first-order chi connectivity index (χ1) is 28.8. The first kappa shape index (κ1) is 35.2. The number of hydrogen-bond donors (Lipinski definition) is 0. The van der Waals surface area contributed by atoms with Crippen molar-refractivity contribution in [1.82, 2.24) is 0 Å². The Hall–Kier alpha value is -6.96. The lowest BCUT2D eigenvalue weighted by Gasteiger charge is -2.27. The van der Waals surface area contributed by atoms with Gasteiger partial charge in [0.2, 0.25) is 0 Å². The molecule has 0 saturated heterocycles. The highest BCUT2D eigenvalue weighted by molar-refractivity contribution is 5.97. The maximum absolute atomic E-state index is 2.41. The van der Waals surface area contributed by atoms with Gasteiger partial charge in [-0.15, -0.1) is 0 Å². The molecule has 0 atom stereocenters. The van der Waals surface area contributed by atoms with E-state index in [-0.39, 0.29) is 10.8 Å². The summed E-state index contributed by atoms with van der Waals surface area (Å²) in [6, 6.07) is 74.3. The van der Waals surface area contributed by atoms with E-state index in [1.807, 2.05) is 0 Å². The van der Waals surface area contributed by atoms with Gasteiger partial charge < -0.3 is 4.90 Å². The predicted molar refractivity (Wildman–Crippen MR) is 250 cm³/mol. The lowest BCUT2D eigenvalue weighted by atomic mass is 9.81. The van der Waals surface area contributed by atoms with Crippen molar-refractivity contribution in [2.45, 2.75) is 38.5 Å². The van der Waals surface area contributed by atoms with Gasteiger partial charge in [0.1, 0.15) is 0 Å². The van der Waals surface area contributed by atoms with Crippen molar-refractivity contribution >= 4 is 27.8 Å². The number of benzene rings is 9. The molecule has 0 aliphatic heterocycles. The van der Waals surface area contributed by atoms with Crippen molar-refractivity contribution in [3.05, 3.63) is 222 Å². The highest BCUT2D eigenvalue weighted by atomic mass is 15.1. The van der Waals surface area contributed by atoms with Crippen LogP contribution in [0.25, 0.3) is 66.4 Å². The van der Waals surface area contributed by atoms with Crippen LogP contribution in [0.2, 0.25) is 0 Å². The molecule has 0 fully saturated rings. The van der Waals surface area contributed by atoms with Gasteiger partial charge in [0, 0.05) is 27.9 Å². The number of hydrogen-bond acceptors (Lipinski definition) is 1. The minimum absolute atomic E-state index is 0.0407. The van der Waals surface area contributed by atoms with E-state index in [2.05, 4.69) is 233 Å². The smallest absolute Gasteiger partial charge is 0.0467 e. The van der Waals surface area contributed by atoms with E-state index < -0.39 is 0 Å². The third-order valence-corrected chi connectivity index (χ3v) is 13.3. The zero-order chi connectivity index (χ0) is 39.9. The van der Waals surface area contributed by atoms with Gasteiger partial charge in [-0.25, -0.2) is 0 Å². The average Bonchev–Trinajstić information content (AvgIpc) is 3.66. The third-order valence-electron chi connectivity index (χ3n) is 13.3. The summed E-state index contributed by atoms with van der Waals surface area (Å²) in [5, 5.41) is 2.50. The molecule has 11 rings (SSSR count). The Balaban J connectivity index is 0.984. The normalized spacial score (nSPS) is 14.0. The maximum atomic E-state index is 2.41. The zero-order valence-electron chi connectivity index (χ0n) is 34.0. The van der Waals surface area contributed by atoms with Gasteiger partial charge in [0.25, 0.3) is 0 Å². The summed E-state index contributed by atoms with van der Waals surface area (Å²) in [5.74, 6) is 0. The third kappa shape index (κ3) is 5.60. The number of nitrogens with zero attached hydrogens (tertiary/aromatic N) is 1. The number of anilines is 3. The fourth-order valence-electron chi connectivity index (χ4n) is 10.1. The quantitative estimate of drug-likeness (QED) is 0.163. The van der Waals surface area contributed by atoms with Crippen LogP contribution in [0.1, 0.15) is 49.9 Å². The molecule has 0 spiro atoms. The Morgan fingerprint density at radius 2 is 0.729 bits per heavy atom. The van der Waals surface area contributed by atoms with E-state index in [0.717, 1.165) is 17.1 Å². The van der Waals surface area contributed by atoms with E-state index in [4.69, 9.17) is 0 Å². The second kappa shape index (κ2) is 13.3. The Morgan fingerprint density at radius 1 is 0.288 bits per heavy atom. The number of fused-ring (bicyclic) bond motifs is 7. The van der Waals surface area contributed by atoms with Crippen LogP contribution in [-0.2, 0) is 10.8 Å². The lowest BCUT2D eigenvalue weighted by Crippen LogP contribution is -2.14. The molecular weight excluding hydrogens is 711 g/mol. The van der Waals surface area contributed by atoms with Crippen molar-refractivity contribution < 1.29 is 0 Å². The molecule has 59 heavy (non-hydrogen) atoms. The molecule has 0 saturated carbocycles. The van der Waals surface area contributed by atoms with E-state index in [1.54, 1.807) is 0 Å². The Bertz CT molecular complexity index is 2930. The van der Waals surface area contributed by atoms with Gasteiger partial charge in [-0.2, -0.15) is 0 Å². The van der Waals surface area contributed by atoms with Crippen LogP contribution in [0.5, 0.6) is 0 Å². The van der Waals surface area contributed by atoms with E-state index in [9.17, 15) is 0 Å². The van der Waals surface area contributed by atoms with Gasteiger partial charge in [0.15, 0.2) is 0 Å². The standard InChI is InChI=1S/C58H45N/c1-57(2)53-21-9-7-18-49(53)51-33-27-41(36-55(51)57)38-23-29-44(30-24-38)59(46-16-11-15-43(35-46)48-20-12-14-40-13-5-6-17-47(40)48)45-31-25-39(26-32-45)42-28-34-52-50-19-8-10-22-54(50)58(3,4)56(52)37-42/h5-37H,1-4H3. The monoisotopic (exact) mass is 755 g/mol. The maximum Gasteiger partial charge on any atom is 0.0467 e. The molecule has 1 heteroatoms. The summed E-state index contributed by atoms with van der Waals surface area (Å²) in [6.07, 6.45) is 0. The van der Waals surface area contributed by atoms with Crippen LogP contribution in [0.15, 0.2) is 200 Å². The van der Waals surface area contributed by atoms with E-state index in [1.165, 1.54) is 88.7 Å². The van der Waals surface area contributed by atoms with Crippen molar-refractivity contribution in [3.8, 4) is 55.6 Å². The second-order valence-electron chi connectivity index (χ2n) is 17.4. The molecule has 0 heterocycles. The Labute approximate surface area is 347 Å². The molecule has 9 aromatic rings. The highest BCUT2D eigenvalue weighted by Crippen LogP contribution is 2.51. The van der Waals surface area contributed by atoms with Crippen LogP contribution < -0.4 is 4.90 Å². The molecule has 0 amide bonds. The van der Waals surface area contributed by atoms with Gasteiger partial charge >= 0.3 is 0 Å². The molecule has 282 valence electrons. The molecule has 2 aliphatic rings. The van der Waals surface area contributed by atoms with Crippen LogP contribution in [0.3, 0.4) is 0 Å². The molecule has 9 aromatic carbocycles. The largest absolute Gasteiger partial charge is 0.310 e. The summed E-state index contributed by atoms with van der Waals surface area (Å²) >= 11 is 0. The first-order valence-corrected chi connectivity index (χ1v) is 20.8. The van der Waals surface area contributed by atoms with Crippen LogP contribution >= 0.6 is 0 Å². The van der Waals surface area contributed by atoms with Gasteiger partial charge in [0.05, 0.1) is 0 Å². The fourth-order valence-corrected chi connectivity index (χ4v) is 10.1. The predicted octanol–water partition coefficient (Wildman–Crippen LogP) is 15.9. The minimum Gasteiger partial charge on any atom is -0.310 e. The number of rotatable bonds is 6. The summed E-state index contributed by atoms with van der Waals surface area (Å²) < 4.78 is 0. The zero-order valence-corrected chi connectivity index (χ0v) is 34.0. The molecule has 0 unspecified atom stereocenters. The highest BCUT2D eigenvalue weighted by Gasteiger charge is 2.36. The summed E-state index contributed by atoms with van der Waals surface area (Å²) in [7, 11) is 0. The van der Waals surface area contributed by atoms with Gasteiger partial charge in [-0.1, -0.05) is 179 Å². The molecule has 2 aliphatic carbocycles. The first-order valence-electron chi connectivity index (χ1n) is 20.8. The summed E-state index contributed by atoms with van der Waals surface area (Å²) in [5.41, 5.74) is 21.6. The average molecular weight is 756 g/mol.